The van der Waals surface area contributed by atoms with Gasteiger partial charge < -0.3 is 14.7 Å². The van der Waals surface area contributed by atoms with Gasteiger partial charge in [-0.15, -0.1) is 23.2 Å². The first-order valence-electron chi connectivity index (χ1n) is 14.5. The highest BCUT2D eigenvalue weighted by molar-refractivity contribution is 9.10. The summed E-state index contributed by atoms with van der Waals surface area (Å²) < 4.78 is 5.52. The summed E-state index contributed by atoms with van der Waals surface area (Å²) in [4.78, 5) is 77.2. The van der Waals surface area contributed by atoms with Gasteiger partial charge in [0.1, 0.15) is 0 Å². The zero-order valence-corrected chi connectivity index (χ0v) is 30.4. The van der Waals surface area contributed by atoms with Crippen molar-refractivity contribution in [3.63, 3.8) is 0 Å². The van der Waals surface area contributed by atoms with Crippen LogP contribution in [0.5, 0.6) is 11.5 Å². The van der Waals surface area contributed by atoms with Gasteiger partial charge in [0.2, 0.25) is 11.8 Å². The molecule has 0 unspecified atom stereocenters. The lowest BCUT2D eigenvalue weighted by Gasteiger charge is -2.50. The number of rotatable bonds is 7. The number of imide groups is 2. The van der Waals surface area contributed by atoms with Crippen LogP contribution in [0.2, 0.25) is 0 Å². The van der Waals surface area contributed by atoms with Gasteiger partial charge in [-0.2, -0.15) is 0 Å². The molecule has 0 bridgehead atoms. The molecule has 19 heteroatoms. The zero-order chi connectivity index (χ0) is 36.1. The van der Waals surface area contributed by atoms with Gasteiger partial charge in [-0.05, 0) is 52.4 Å². The normalized spacial score (nSPS) is 29.0. The molecule has 6 rings (SSSR count). The predicted molar refractivity (Wildman–Crippen MR) is 182 cm³/mol. The Kier molecular flexibility index (Phi) is 8.52. The van der Waals surface area contributed by atoms with Crippen molar-refractivity contribution >= 4 is 101 Å². The number of nitro groups is 2. The van der Waals surface area contributed by atoms with Gasteiger partial charge in [0.05, 0.1) is 44.4 Å². The van der Waals surface area contributed by atoms with Crippen LogP contribution in [0, 0.1) is 38.0 Å². The smallest absolute Gasteiger partial charge is 0.301 e. The Labute approximate surface area is 304 Å². The molecule has 2 aliphatic carbocycles. The zero-order valence-electron chi connectivity index (χ0n) is 25.7. The Hall–Kier alpha value is -3.80. The van der Waals surface area contributed by atoms with Crippen LogP contribution in [0.25, 0.3) is 0 Å². The Morgan fingerprint density at radius 2 is 1.63 bits per heavy atom. The molecular formula is C30H25Br2Cl2N5O10. The molecular weight excluding hydrogens is 821 g/mol. The lowest BCUT2D eigenvalue weighted by Crippen LogP contribution is -2.60. The number of alkyl halides is 3. The number of halogens is 4. The van der Waals surface area contributed by atoms with Gasteiger partial charge >= 0.3 is 11.4 Å². The molecule has 1 N–H and O–H groups in total. The van der Waals surface area contributed by atoms with Crippen LogP contribution in [0.4, 0.5) is 22.7 Å². The molecule has 4 amide bonds. The van der Waals surface area contributed by atoms with Gasteiger partial charge in [-0.3, -0.25) is 44.3 Å². The third kappa shape index (κ3) is 4.72. The number of nitrogens with zero attached hydrogens (tertiary/aromatic N) is 5. The summed E-state index contributed by atoms with van der Waals surface area (Å²) in [7, 11) is 4.08. The molecule has 0 radical (unpaired) electrons. The number of hydrogen-bond donors (Lipinski definition) is 1. The summed E-state index contributed by atoms with van der Waals surface area (Å²) >= 11 is 20.9. The van der Waals surface area contributed by atoms with Crippen molar-refractivity contribution in [2.75, 3.05) is 36.5 Å². The number of aromatic hydroxyl groups is 1. The quantitative estimate of drug-likeness (QED) is 0.0989. The number of carbonyl (C=O) groups is 4. The molecule has 0 spiro atoms. The maximum atomic E-state index is 14.4. The standard InChI is InChI=1S/C30H25Br2Cl2N5O10/c1-35(2)23-18(38(45)46)8-13(9-19(23)39(47)48)37-25(41)15-5-4-14-16(21(15)26(37)42)10-29(33)27(43)36(11-31)28(44)30(29,34)22(14)12-6-17(32)24(40)20(7-12)49-3/h4,6-9,15-16,21-22,40H,5,10-11H2,1-3H3/t15-,16+,21-,22-,29+,30-/m0/s1. The van der Waals surface area contributed by atoms with Gasteiger partial charge in [-0.1, -0.05) is 27.6 Å². The fourth-order valence-electron chi connectivity index (χ4n) is 7.75. The molecule has 49 heavy (non-hydrogen) atoms. The number of phenols is 1. The minimum Gasteiger partial charge on any atom is -0.503 e. The predicted octanol–water partition coefficient (Wildman–Crippen LogP) is 4.96. The van der Waals surface area contributed by atoms with E-state index in [2.05, 4.69) is 31.9 Å². The minimum atomic E-state index is -2.12. The number of likely N-dealkylation sites (tertiary alicyclic amines) is 1. The monoisotopic (exact) mass is 843 g/mol. The minimum absolute atomic E-state index is 0.0120. The first-order valence-corrected chi connectivity index (χ1v) is 17.2. The van der Waals surface area contributed by atoms with Crippen molar-refractivity contribution in [2.24, 2.45) is 17.8 Å². The summed E-state index contributed by atoms with van der Waals surface area (Å²) in [5.74, 6) is -7.74. The molecule has 4 aliphatic rings. The molecule has 258 valence electrons. The van der Waals surface area contributed by atoms with Crippen LogP contribution in [-0.4, -0.2) is 79.9 Å². The van der Waals surface area contributed by atoms with E-state index in [1.54, 1.807) is 6.08 Å². The summed E-state index contributed by atoms with van der Waals surface area (Å²) in [6.45, 7) is 0. The molecule has 6 atom stereocenters. The number of fused-ring (bicyclic) bond motifs is 4. The van der Waals surface area contributed by atoms with Gasteiger partial charge in [0.25, 0.3) is 11.8 Å². The van der Waals surface area contributed by atoms with Crippen LogP contribution in [-0.2, 0) is 19.2 Å². The Bertz CT molecular complexity index is 1910. The largest absolute Gasteiger partial charge is 0.503 e. The van der Waals surface area contributed by atoms with E-state index < -0.39 is 78.3 Å². The molecule has 2 aliphatic heterocycles. The molecule has 2 aromatic rings. The summed E-state index contributed by atoms with van der Waals surface area (Å²) in [5.41, 5.74) is -1.55. The van der Waals surface area contributed by atoms with E-state index in [0.29, 0.717) is 16.0 Å². The first-order chi connectivity index (χ1) is 23.0. The SMILES string of the molecule is COc1cc([C@H]2C3=CC[C@@H]4C(=O)N(c5cc([N+](=O)[O-])c(N(C)C)c([N+](=O)[O-])c5)C(=O)[C@@H]4[C@@H]3C[C@@]3(Cl)C(=O)N(CBr)C(=O)[C@@]23Cl)cc(Br)c1O. The van der Waals surface area contributed by atoms with E-state index in [0.717, 1.165) is 17.0 Å². The average molecular weight is 846 g/mol. The Morgan fingerprint density at radius 3 is 2.16 bits per heavy atom. The van der Waals surface area contributed by atoms with Crippen molar-refractivity contribution in [3.05, 3.63) is 66.2 Å². The second-order valence-electron chi connectivity index (χ2n) is 12.3. The van der Waals surface area contributed by atoms with Gasteiger partial charge in [0, 0.05) is 32.1 Å². The lowest BCUT2D eigenvalue weighted by atomic mass is 9.56. The third-order valence-electron chi connectivity index (χ3n) is 9.77. The molecule has 3 fully saturated rings. The van der Waals surface area contributed by atoms with E-state index in [1.807, 2.05) is 0 Å². The summed E-state index contributed by atoms with van der Waals surface area (Å²) in [6.07, 6.45) is 1.31. The molecule has 2 heterocycles. The Balaban J connectivity index is 1.53. The van der Waals surface area contributed by atoms with Gasteiger partial charge in [-0.25, -0.2) is 4.90 Å². The summed E-state index contributed by atoms with van der Waals surface area (Å²) in [5, 5.41) is 34.7. The lowest BCUT2D eigenvalue weighted by molar-refractivity contribution is -0.392. The number of amides is 4. The highest BCUT2D eigenvalue weighted by atomic mass is 79.9. The van der Waals surface area contributed by atoms with E-state index in [-0.39, 0.29) is 45.6 Å². The highest BCUT2D eigenvalue weighted by Crippen LogP contribution is 2.66. The van der Waals surface area contributed by atoms with Crippen molar-refractivity contribution in [1.82, 2.24) is 4.90 Å². The number of hydrogen-bond acceptors (Lipinski definition) is 11. The number of anilines is 2. The fraction of sp³-hybridized carbons (Fsp3) is 0.400. The fourth-order valence-corrected chi connectivity index (χ4v) is 9.64. The molecule has 2 aromatic carbocycles. The average Bonchev–Trinajstić information content (AvgIpc) is 3.38. The number of ether oxygens (including phenoxy) is 1. The first kappa shape index (κ1) is 35.0. The van der Waals surface area contributed by atoms with Gasteiger partial charge in [0.15, 0.2) is 26.9 Å². The summed E-state index contributed by atoms with van der Waals surface area (Å²) in [6, 6.07) is 4.81. The van der Waals surface area contributed by atoms with Crippen LogP contribution in [0.15, 0.2) is 40.4 Å². The van der Waals surface area contributed by atoms with Crippen LogP contribution in [0.3, 0.4) is 0 Å². The van der Waals surface area contributed by atoms with E-state index in [9.17, 15) is 44.5 Å². The second-order valence-corrected chi connectivity index (χ2v) is 14.9. The highest BCUT2D eigenvalue weighted by Gasteiger charge is 2.76. The molecule has 1 saturated carbocycles. The number of phenolic OH excluding ortho intramolecular Hbond substituents is 1. The van der Waals surface area contributed by atoms with Crippen LogP contribution < -0.4 is 14.5 Å². The number of nitro benzene ring substituents is 2. The topological polar surface area (TPSA) is 194 Å². The van der Waals surface area contributed by atoms with E-state index in [1.165, 1.54) is 38.2 Å². The maximum Gasteiger partial charge on any atom is 0.301 e. The number of benzene rings is 2. The molecule has 2 saturated heterocycles. The van der Waals surface area contributed by atoms with Crippen molar-refractivity contribution in [3.8, 4) is 11.5 Å². The van der Waals surface area contributed by atoms with E-state index in [4.69, 9.17) is 27.9 Å². The molecule has 15 nitrogen and oxygen atoms in total. The van der Waals surface area contributed by atoms with Crippen molar-refractivity contribution in [2.45, 2.75) is 28.5 Å². The second kappa shape index (κ2) is 11.9. The van der Waals surface area contributed by atoms with E-state index >= 15 is 0 Å². The Morgan fingerprint density at radius 1 is 1.02 bits per heavy atom. The third-order valence-corrected chi connectivity index (χ3v) is 12.3. The van der Waals surface area contributed by atoms with Crippen LogP contribution >= 0.6 is 55.1 Å². The van der Waals surface area contributed by atoms with Crippen molar-refractivity contribution < 1.29 is 38.9 Å². The number of allylic oxidation sites excluding steroid dienone is 2. The molecule has 0 aromatic heterocycles. The maximum absolute atomic E-state index is 14.4. The van der Waals surface area contributed by atoms with Crippen molar-refractivity contribution in [1.29, 1.82) is 0 Å². The number of methoxy groups -OCH3 is 1. The number of carbonyl (C=O) groups excluding carboxylic acids is 4. The van der Waals surface area contributed by atoms with Crippen LogP contribution in [0.1, 0.15) is 24.3 Å².